The molecule has 0 bridgehead atoms. The van der Waals surface area contributed by atoms with E-state index in [0.717, 1.165) is 0 Å². The van der Waals surface area contributed by atoms with Crippen LogP contribution in [0.25, 0.3) is 0 Å². The van der Waals surface area contributed by atoms with Gasteiger partial charge in [0.15, 0.2) is 6.10 Å². The van der Waals surface area contributed by atoms with Crippen molar-refractivity contribution in [2.45, 2.75) is 6.10 Å². The van der Waals surface area contributed by atoms with Crippen LogP contribution in [0.2, 0.25) is 0 Å². The van der Waals surface area contributed by atoms with E-state index in [-0.39, 0.29) is 12.5 Å². The number of benzene rings is 1. The van der Waals surface area contributed by atoms with Gasteiger partial charge in [-0.2, -0.15) is 0 Å². The Bertz CT molecular complexity index is 619. The van der Waals surface area contributed by atoms with Crippen molar-refractivity contribution in [3.63, 3.8) is 0 Å². The Kier molecular flexibility index (Phi) is 4.33. The number of rotatable bonds is 3. The first kappa shape index (κ1) is 15.5. The van der Waals surface area contributed by atoms with Crippen LogP contribution in [-0.2, 0) is 14.3 Å². The average Bonchev–Trinajstić information content (AvgIpc) is 2.96. The quantitative estimate of drug-likeness (QED) is 0.888. The fourth-order valence-electron chi connectivity index (χ4n) is 2.70. The molecule has 2 aliphatic rings. The van der Waals surface area contributed by atoms with Crippen molar-refractivity contribution < 1.29 is 23.5 Å². The van der Waals surface area contributed by atoms with Gasteiger partial charge in [0, 0.05) is 20.1 Å². The van der Waals surface area contributed by atoms with Gasteiger partial charge in [-0.3, -0.25) is 9.69 Å². The van der Waals surface area contributed by atoms with E-state index in [1.165, 1.54) is 18.0 Å². The maximum absolute atomic E-state index is 14.4. The molecule has 0 spiro atoms. The van der Waals surface area contributed by atoms with E-state index < -0.39 is 18.0 Å². The van der Waals surface area contributed by atoms with Crippen LogP contribution in [0.15, 0.2) is 18.2 Å². The summed E-state index contributed by atoms with van der Waals surface area (Å²) >= 11 is 0. The Morgan fingerprint density at radius 1 is 1.35 bits per heavy atom. The molecule has 1 aromatic rings. The maximum Gasteiger partial charge on any atom is 0.415 e. The summed E-state index contributed by atoms with van der Waals surface area (Å²) in [6, 6.07) is 4.58. The number of anilines is 2. The third kappa shape index (κ3) is 3.07. The van der Waals surface area contributed by atoms with Crippen LogP contribution in [0, 0.1) is 5.82 Å². The lowest BCUT2D eigenvalue weighted by molar-refractivity contribution is -0.127. The Labute approximate surface area is 132 Å². The molecule has 3 rings (SSSR count). The van der Waals surface area contributed by atoms with Crippen molar-refractivity contribution >= 4 is 23.4 Å². The van der Waals surface area contributed by atoms with E-state index in [4.69, 9.17) is 9.47 Å². The Balaban J connectivity index is 1.77. The van der Waals surface area contributed by atoms with E-state index in [1.54, 1.807) is 12.1 Å². The maximum atomic E-state index is 14.4. The average molecular weight is 323 g/mol. The van der Waals surface area contributed by atoms with Crippen LogP contribution in [0.5, 0.6) is 0 Å². The number of nitrogens with one attached hydrogen (secondary N) is 1. The summed E-state index contributed by atoms with van der Waals surface area (Å²) < 4.78 is 24.6. The van der Waals surface area contributed by atoms with Gasteiger partial charge in [-0.25, -0.2) is 9.18 Å². The third-order valence-corrected chi connectivity index (χ3v) is 3.95. The molecule has 2 amide bonds. The molecule has 8 heteroatoms. The summed E-state index contributed by atoms with van der Waals surface area (Å²) in [6.45, 7) is 2.44. The lowest BCUT2D eigenvalue weighted by atomic mass is 10.2. The van der Waals surface area contributed by atoms with E-state index in [2.05, 4.69) is 5.32 Å². The SMILES string of the molecule is CNC(=O)[C@H]1CN(c2ccc(N3CCOCC3)c(F)c2)C(=O)O1. The van der Waals surface area contributed by atoms with Crippen molar-refractivity contribution in [3.8, 4) is 0 Å². The van der Waals surface area contributed by atoms with Gasteiger partial charge in [-0.15, -0.1) is 0 Å². The standard InChI is InChI=1S/C15H18FN3O4/c1-17-14(20)13-9-19(15(21)23-13)10-2-3-12(11(16)8-10)18-4-6-22-7-5-18/h2-3,8,13H,4-7,9H2,1H3,(H,17,20)/t13-/m1/s1. The van der Waals surface area contributed by atoms with Crippen molar-refractivity contribution in [1.82, 2.24) is 5.32 Å². The van der Waals surface area contributed by atoms with Crippen molar-refractivity contribution in [2.24, 2.45) is 0 Å². The summed E-state index contributed by atoms with van der Waals surface area (Å²) in [5.74, 6) is -0.799. The molecule has 0 saturated carbocycles. The molecular weight excluding hydrogens is 305 g/mol. The molecule has 0 radical (unpaired) electrons. The topological polar surface area (TPSA) is 71.1 Å². The Morgan fingerprint density at radius 2 is 2.09 bits per heavy atom. The number of halogens is 1. The zero-order chi connectivity index (χ0) is 16.4. The first-order chi connectivity index (χ1) is 11.1. The van der Waals surface area contributed by atoms with E-state index >= 15 is 0 Å². The lowest BCUT2D eigenvalue weighted by Crippen LogP contribution is -2.37. The molecule has 1 N–H and O–H groups in total. The molecule has 1 aromatic carbocycles. The van der Waals surface area contributed by atoms with Crippen LogP contribution in [0.1, 0.15) is 0 Å². The minimum atomic E-state index is -0.880. The van der Waals surface area contributed by atoms with Crippen LogP contribution in [-0.4, -0.2) is 58.0 Å². The molecule has 2 saturated heterocycles. The predicted octanol–water partition coefficient (Wildman–Crippen LogP) is 0.733. The molecule has 23 heavy (non-hydrogen) atoms. The van der Waals surface area contributed by atoms with Gasteiger partial charge in [-0.1, -0.05) is 0 Å². The number of ether oxygens (including phenoxy) is 2. The van der Waals surface area contributed by atoms with Crippen LogP contribution >= 0.6 is 0 Å². The van der Waals surface area contributed by atoms with Crippen molar-refractivity contribution in [2.75, 3.05) is 49.7 Å². The molecule has 124 valence electrons. The number of cyclic esters (lactones) is 1. The fourth-order valence-corrected chi connectivity index (χ4v) is 2.70. The van der Waals surface area contributed by atoms with Crippen LogP contribution in [0.4, 0.5) is 20.6 Å². The third-order valence-electron chi connectivity index (χ3n) is 3.95. The largest absolute Gasteiger partial charge is 0.434 e. The van der Waals surface area contributed by atoms with E-state index in [1.807, 2.05) is 4.90 Å². The summed E-state index contributed by atoms with van der Waals surface area (Å²) in [6.07, 6.45) is -1.54. The fraction of sp³-hybridized carbons (Fsp3) is 0.467. The summed E-state index contributed by atoms with van der Waals surface area (Å²) in [4.78, 5) is 26.6. The molecule has 2 heterocycles. The normalized spacial score (nSPS) is 21.3. The monoisotopic (exact) mass is 323 g/mol. The number of hydrogen-bond donors (Lipinski definition) is 1. The highest BCUT2D eigenvalue weighted by Gasteiger charge is 2.36. The molecule has 0 aromatic heterocycles. The first-order valence-electron chi connectivity index (χ1n) is 7.42. The van der Waals surface area contributed by atoms with Crippen LogP contribution in [0.3, 0.4) is 0 Å². The zero-order valence-electron chi connectivity index (χ0n) is 12.8. The van der Waals surface area contributed by atoms with Crippen LogP contribution < -0.4 is 15.1 Å². The van der Waals surface area contributed by atoms with Gasteiger partial charge < -0.3 is 19.7 Å². The molecular formula is C15H18FN3O4. The number of hydrogen-bond acceptors (Lipinski definition) is 5. The Morgan fingerprint density at radius 3 is 2.74 bits per heavy atom. The Hall–Kier alpha value is -2.35. The highest BCUT2D eigenvalue weighted by atomic mass is 19.1. The van der Waals surface area contributed by atoms with E-state index in [0.29, 0.717) is 37.7 Å². The highest BCUT2D eigenvalue weighted by molar-refractivity contribution is 5.95. The van der Waals surface area contributed by atoms with Gasteiger partial charge >= 0.3 is 6.09 Å². The number of amides is 2. The van der Waals surface area contributed by atoms with E-state index in [9.17, 15) is 14.0 Å². The molecule has 1 atom stereocenters. The molecule has 2 aliphatic heterocycles. The lowest BCUT2D eigenvalue weighted by Gasteiger charge is -2.29. The second-order valence-corrected chi connectivity index (χ2v) is 5.33. The molecule has 2 fully saturated rings. The smallest absolute Gasteiger partial charge is 0.415 e. The van der Waals surface area contributed by atoms with Gasteiger partial charge in [-0.05, 0) is 18.2 Å². The predicted molar refractivity (Wildman–Crippen MR) is 81.1 cm³/mol. The van der Waals surface area contributed by atoms with Gasteiger partial charge in [0.1, 0.15) is 5.82 Å². The number of carbonyl (C=O) groups excluding carboxylic acids is 2. The van der Waals surface area contributed by atoms with Crippen molar-refractivity contribution in [1.29, 1.82) is 0 Å². The second kappa shape index (κ2) is 6.41. The molecule has 0 unspecified atom stereocenters. The number of morpholine rings is 1. The molecule has 7 nitrogen and oxygen atoms in total. The highest BCUT2D eigenvalue weighted by Crippen LogP contribution is 2.28. The first-order valence-corrected chi connectivity index (χ1v) is 7.42. The number of nitrogens with zero attached hydrogens (tertiary/aromatic N) is 2. The molecule has 0 aliphatic carbocycles. The zero-order valence-corrected chi connectivity index (χ0v) is 12.8. The summed E-state index contributed by atoms with van der Waals surface area (Å²) in [5, 5.41) is 2.43. The van der Waals surface area contributed by atoms with Gasteiger partial charge in [0.2, 0.25) is 0 Å². The second-order valence-electron chi connectivity index (χ2n) is 5.33. The number of carbonyl (C=O) groups is 2. The minimum absolute atomic E-state index is 0.0643. The van der Waals surface area contributed by atoms with Crippen molar-refractivity contribution in [3.05, 3.63) is 24.0 Å². The number of likely N-dealkylation sites (N-methyl/N-ethyl adjacent to an activating group) is 1. The van der Waals surface area contributed by atoms with Gasteiger partial charge in [0.05, 0.1) is 31.1 Å². The van der Waals surface area contributed by atoms with Gasteiger partial charge in [0.25, 0.3) is 5.91 Å². The minimum Gasteiger partial charge on any atom is -0.434 e. The summed E-state index contributed by atoms with van der Waals surface area (Å²) in [5.41, 5.74) is 0.850. The summed E-state index contributed by atoms with van der Waals surface area (Å²) in [7, 11) is 1.47.